The maximum Gasteiger partial charge on any atom is 0.319 e. The molecule has 156 valence electrons. The Kier molecular flexibility index (Phi) is 6.99. The zero-order valence-electron chi connectivity index (χ0n) is 17.3. The summed E-state index contributed by atoms with van der Waals surface area (Å²) < 4.78 is 11.2. The fourth-order valence-corrected chi connectivity index (χ4v) is 3.60. The van der Waals surface area contributed by atoms with E-state index in [0.29, 0.717) is 36.1 Å². The molecule has 2 amide bonds. The van der Waals surface area contributed by atoms with Crippen LogP contribution in [0.4, 0.5) is 10.5 Å². The Hall–Kier alpha value is -2.73. The molecule has 0 saturated heterocycles. The molecule has 3 N–H and O–H groups in total. The largest absolute Gasteiger partial charge is 0.493 e. The van der Waals surface area contributed by atoms with E-state index in [2.05, 4.69) is 24.5 Å². The minimum Gasteiger partial charge on any atom is -0.493 e. The molecule has 0 saturated carbocycles. The SMILES string of the molecule is COc1ccc(NC(=O)N[C@@H]2c3ccccc3C[C@@H]2O)cc1OCCCC(C)C. The molecule has 3 rings (SSSR count). The highest BCUT2D eigenvalue weighted by atomic mass is 16.5. The number of fused-ring (bicyclic) bond motifs is 1. The molecule has 2 atom stereocenters. The van der Waals surface area contributed by atoms with Crippen molar-refractivity contribution in [1.82, 2.24) is 5.32 Å². The Bertz CT molecular complexity index is 837. The molecule has 0 aliphatic heterocycles. The van der Waals surface area contributed by atoms with E-state index in [1.165, 1.54) is 0 Å². The summed E-state index contributed by atoms with van der Waals surface area (Å²) in [6, 6.07) is 12.3. The van der Waals surface area contributed by atoms with E-state index in [0.717, 1.165) is 24.0 Å². The quantitative estimate of drug-likeness (QED) is 0.580. The van der Waals surface area contributed by atoms with Crippen molar-refractivity contribution < 1.29 is 19.4 Å². The lowest BCUT2D eigenvalue weighted by atomic mass is 10.1. The molecule has 0 heterocycles. The Morgan fingerprint density at radius 1 is 1.21 bits per heavy atom. The number of benzene rings is 2. The molecule has 0 unspecified atom stereocenters. The van der Waals surface area contributed by atoms with Crippen molar-refractivity contribution in [1.29, 1.82) is 0 Å². The first kappa shape index (κ1) is 21.0. The summed E-state index contributed by atoms with van der Waals surface area (Å²) in [4.78, 5) is 12.5. The maximum atomic E-state index is 12.5. The number of carbonyl (C=O) groups excluding carboxylic acids is 1. The van der Waals surface area contributed by atoms with Gasteiger partial charge in [-0.15, -0.1) is 0 Å². The average molecular weight is 399 g/mol. The van der Waals surface area contributed by atoms with Crippen LogP contribution in [0.2, 0.25) is 0 Å². The van der Waals surface area contributed by atoms with Crippen LogP contribution in [0.25, 0.3) is 0 Å². The van der Waals surface area contributed by atoms with Crippen molar-refractivity contribution in [2.45, 2.75) is 45.3 Å². The Morgan fingerprint density at radius 3 is 2.76 bits per heavy atom. The third kappa shape index (κ3) is 5.41. The second-order valence-electron chi connectivity index (χ2n) is 7.80. The topological polar surface area (TPSA) is 79.8 Å². The second kappa shape index (κ2) is 9.65. The Morgan fingerprint density at radius 2 is 2.00 bits per heavy atom. The van der Waals surface area contributed by atoms with E-state index in [9.17, 15) is 9.90 Å². The molecule has 2 aromatic carbocycles. The van der Waals surface area contributed by atoms with E-state index >= 15 is 0 Å². The van der Waals surface area contributed by atoms with E-state index < -0.39 is 12.1 Å². The van der Waals surface area contributed by atoms with Crippen molar-refractivity contribution >= 4 is 11.7 Å². The van der Waals surface area contributed by atoms with Gasteiger partial charge in [0.1, 0.15) is 0 Å². The number of aliphatic hydroxyl groups is 1. The van der Waals surface area contributed by atoms with Crippen LogP contribution in [-0.4, -0.2) is 31.0 Å². The molecule has 1 aliphatic carbocycles. The monoisotopic (exact) mass is 398 g/mol. The highest BCUT2D eigenvalue weighted by molar-refractivity contribution is 5.90. The van der Waals surface area contributed by atoms with Crippen molar-refractivity contribution in [2.75, 3.05) is 19.0 Å². The van der Waals surface area contributed by atoms with Crippen molar-refractivity contribution in [3.63, 3.8) is 0 Å². The Balaban J connectivity index is 1.62. The minimum atomic E-state index is -0.631. The van der Waals surface area contributed by atoms with Crippen LogP contribution in [-0.2, 0) is 6.42 Å². The van der Waals surface area contributed by atoms with Crippen molar-refractivity contribution in [3.8, 4) is 11.5 Å². The summed E-state index contributed by atoms with van der Waals surface area (Å²) in [5.74, 6) is 1.86. The molecule has 6 nitrogen and oxygen atoms in total. The molecule has 2 aromatic rings. The van der Waals surface area contributed by atoms with Crippen LogP contribution in [0, 0.1) is 5.92 Å². The third-order valence-electron chi connectivity index (χ3n) is 5.10. The molecule has 0 aromatic heterocycles. The first-order valence-corrected chi connectivity index (χ1v) is 10.1. The van der Waals surface area contributed by atoms with Crippen molar-refractivity contribution in [3.05, 3.63) is 53.6 Å². The van der Waals surface area contributed by atoms with Gasteiger partial charge in [0, 0.05) is 18.2 Å². The minimum absolute atomic E-state index is 0.373. The summed E-state index contributed by atoms with van der Waals surface area (Å²) in [6.45, 7) is 4.96. The summed E-state index contributed by atoms with van der Waals surface area (Å²) in [5, 5.41) is 16.0. The normalized spacial score (nSPS) is 17.7. The lowest BCUT2D eigenvalue weighted by Gasteiger charge is -2.19. The van der Waals surface area contributed by atoms with E-state index in [4.69, 9.17) is 9.47 Å². The number of methoxy groups -OCH3 is 1. The van der Waals surface area contributed by atoms with Gasteiger partial charge in [-0.1, -0.05) is 38.1 Å². The predicted molar refractivity (Wildman–Crippen MR) is 114 cm³/mol. The van der Waals surface area contributed by atoms with Gasteiger partial charge >= 0.3 is 6.03 Å². The number of hydrogen-bond acceptors (Lipinski definition) is 4. The molecular formula is C23H30N2O4. The van der Waals surface area contributed by atoms with Gasteiger partial charge in [-0.05, 0) is 42.0 Å². The number of anilines is 1. The zero-order chi connectivity index (χ0) is 20.8. The fourth-order valence-electron chi connectivity index (χ4n) is 3.60. The zero-order valence-corrected chi connectivity index (χ0v) is 17.3. The fraction of sp³-hybridized carbons (Fsp3) is 0.435. The van der Waals surface area contributed by atoms with Gasteiger partial charge < -0.3 is 25.2 Å². The molecular weight excluding hydrogens is 368 g/mol. The maximum absolute atomic E-state index is 12.5. The number of nitrogens with one attached hydrogen (secondary N) is 2. The Labute approximate surface area is 172 Å². The average Bonchev–Trinajstić information content (AvgIpc) is 3.00. The van der Waals surface area contributed by atoms with Gasteiger partial charge in [0.05, 0.1) is 25.9 Å². The van der Waals surface area contributed by atoms with Crippen LogP contribution in [0.5, 0.6) is 11.5 Å². The number of ether oxygens (including phenoxy) is 2. The summed E-state index contributed by atoms with van der Waals surface area (Å²) in [7, 11) is 1.59. The molecule has 0 spiro atoms. The summed E-state index contributed by atoms with van der Waals surface area (Å²) in [6.07, 6.45) is 1.96. The van der Waals surface area contributed by atoms with Crippen LogP contribution in [0.1, 0.15) is 43.9 Å². The van der Waals surface area contributed by atoms with Gasteiger partial charge in [-0.25, -0.2) is 4.79 Å². The first-order chi connectivity index (χ1) is 14.0. The number of carbonyl (C=O) groups is 1. The smallest absolute Gasteiger partial charge is 0.319 e. The van der Waals surface area contributed by atoms with Gasteiger partial charge in [0.25, 0.3) is 0 Å². The van der Waals surface area contributed by atoms with Crippen LogP contribution in [0.3, 0.4) is 0 Å². The molecule has 6 heteroatoms. The van der Waals surface area contributed by atoms with Crippen LogP contribution < -0.4 is 20.1 Å². The lowest BCUT2D eigenvalue weighted by Crippen LogP contribution is -2.36. The van der Waals surface area contributed by atoms with Crippen molar-refractivity contribution in [2.24, 2.45) is 5.92 Å². The van der Waals surface area contributed by atoms with E-state index in [-0.39, 0.29) is 6.03 Å². The van der Waals surface area contributed by atoms with Gasteiger partial charge in [-0.3, -0.25) is 0 Å². The van der Waals surface area contributed by atoms with Gasteiger partial charge in [0.2, 0.25) is 0 Å². The standard InChI is InChI=1S/C23H30N2O4/c1-15(2)7-6-12-29-21-14-17(10-11-20(21)28-3)24-23(27)25-22-18-9-5-4-8-16(18)13-19(22)26/h4-5,8-11,14-15,19,22,26H,6-7,12-13H2,1-3H3,(H2,24,25,27)/t19-,22+/m0/s1. The summed E-state index contributed by atoms with van der Waals surface area (Å²) in [5.41, 5.74) is 2.62. The molecule has 0 bridgehead atoms. The predicted octanol–water partition coefficient (Wildman–Crippen LogP) is 4.29. The van der Waals surface area contributed by atoms with E-state index in [1.54, 1.807) is 25.3 Å². The first-order valence-electron chi connectivity index (χ1n) is 10.1. The number of amides is 2. The van der Waals surface area contributed by atoms with Gasteiger partial charge in [-0.2, -0.15) is 0 Å². The number of aliphatic hydroxyl groups excluding tert-OH is 1. The number of rotatable bonds is 8. The molecule has 29 heavy (non-hydrogen) atoms. The number of hydrogen-bond donors (Lipinski definition) is 3. The molecule has 0 fully saturated rings. The molecule has 0 radical (unpaired) electrons. The lowest BCUT2D eigenvalue weighted by molar-refractivity contribution is 0.144. The summed E-state index contributed by atoms with van der Waals surface area (Å²) >= 11 is 0. The third-order valence-corrected chi connectivity index (χ3v) is 5.10. The van der Waals surface area contributed by atoms with Crippen LogP contribution in [0.15, 0.2) is 42.5 Å². The highest BCUT2D eigenvalue weighted by Crippen LogP contribution is 2.32. The molecule has 1 aliphatic rings. The second-order valence-corrected chi connectivity index (χ2v) is 7.80. The van der Waals surface area contributed by atoms with Gasteiger partial charge in [0.15, 0.2) is 11.5 Å². The highest BCUT2D eigenvalue weighted by Gasteiger charge is 2.31. The number of urea groups is 1. The van der Waals surface area contributed by atoms with Crippen LogP contribution >= 0.6 is 0 Å². The van der Waals surface area contributed by atoms with E-state index in [1.807, 2.05) is 24.3 Å².